The Morgan fingerprint density at radius 2 is 1.84 bits per heavy atom. The fraction of sp³-hybridized carbons (Fsp3) is 0.462. The molecule has 0 heterocycles. The molecule has 0 aliphatic rings. The second kappa shape index (κ2) is 6.68. The second-order valence-corrected chi connectivity index (χ2v) is 4.33. The first-order valence-electron chi connectivity index (χ1n) is 5.90. The molecule has 19 heavy (non-hydrogen) atoms. The molecule has 0 aliphatic heterocycles. The van der Waals surface area contributed by atoms with Gasteiger partial charge in [-0.1, -0.05) is 30.3 Å². The van der Waals surface area contributed by atoms with Crippen LogP contribution in [-0.2, 0) is 11.2 Å². The van der Waals surface area contributed by atoms with Gasteiger partial charge in [-0.25, -0.2) is 0 Å². The number of nitrogens with two attached hydrogens (primary N) is 1. The quantitative estimate of drug-likeness (QED) is 0.832. The van der Waals surface area contributed by atoms with Gasteiger partial charge in [0.05, 0.1) is 6.04 Å². The van der Waals surface area contributed by atoms with E-state index in [0.717, 1.165) is 5.56 Å². The maximum Gasteiger partial charge on any atom is 0.421 e. The summed E-state index contributed by atoms with van der Waals surface area (Å²) in [6.45, 7) is 0. The highest BCUT2D eigenvalue weighted by Crippen LogP contribution is 2.22. The van der Waals surface area contributed by atoms with E-state index in [-0.39, 0.29) is 6.42 Å². The van der Waals surface area contributed by atoms with Gasteiger partial charge in [0.1, 0.15) is 0 Å². The fourth-order valence-corrected chi connectivity index (χ4v) is 1.68. The van der Waals surface area contributed by atoms with Crippen LogP contribution in [-0.4, -0.2) is 29.2 Å². The van der Waals surface area contributed by atoms with E-state index < -0.39 is 24.1 Å². The van der Waals surface area contributed by atoms with Crippen LogP contribution < -0.4 is 5.73 Å². The molecule has 0 radical (unpaired) electrons. The van der Waals surface area contributed by atoms with Crippen molar-refractivity contribution in [2.75, 3.05) is 0 Å². The number of aliphatic hydroxyl groups excluding tert-OH is 1. The van der Waals surface area contributed by atoms with E-state index in [1.165, 1.54) is 0 Å². The van der Waals surface area contributed by atoms with Crippen molar-refractivity contribution >= 4 is 5.78 Å². The predicted molar refractivity (Wildman–Crippen MR) is 64.4 cm³/mol. The van der Waals surface area contributed by atoms with Crippen LogP contribution in [0.1, 0.15) is 18.4 Å². The molecule has 0 fully saturated rings. The lowest BCUT2D eigenvalue weighted by atomic mass is 10.00. The van der Waals surface area contributed by atoms with E-state index in [1.54, 1.807) is 0 Å². The third-order valence-corrected chi connectivity index (χ3v) is 2.77. The number of ketones is 1. The van der Waals surface area contributed by atoms with Crippen LogP contribution in [0.3, 0.4) is 0 Å². The van der Waals surface area contributed by atoms with Gasteiger partial charge in [-0.3, -0.25) is 4.79 Å². The Morgan fingerprint density at radius 3 is 2.37 bits per heavy atom. The van der Waals surface area contributed by atoms with Crippen LogP contribution >= 0.6 is 0 Å². The van der Waals surface area contributed by atoms with Crippen LogP contribution in [0.25, 0.3) is 0 Å². The van der Waals surface area contributed by atoms with Crippen LogP contribution in [0.2, 0.25) is 0 Å². The fourth-order valence-electron chi connectivity index (χ4n) is 1.68. The summed E-state index contributed by atoms with van der Waals surface area (Å²) < 4.78 is 36.4. The van der Waals surface area contributed by atoms with Gasteiger partial charge in [-0.05, 0) is 24.8 Å². The van der Waals surface area contributed by atoms with Crippen molar-refractivity contribution in [2.24, 2.45) is 5.73 Å². The summed E-state index contributed by atoms with van der Waals surface area (Å²) >= 11 is 0. The number of benzene rings is 1. The molecule has 1 aromatic rings. The molecule has 0 aliphatic carbocycles. The molecule has 6 heteroatoms. The van der Waals surface area contributed by atoms with Crippen LogP contribution in [0.5, 0.6) is 0 Å². The van der Waals surface area contributed by atoms with E-state index in [4.69, 9.17) is 10.8 Å². The zero-order chi connectivity index (χ0) is 14.5. The van der Waals surface area contributed by atoms with E-state index in [0.29, 0.717) is 12.8 Å². The molecular formula is C13H16F3NO2. The number of Topliss-reactive ketones (excluding diaryl/α,β-unsaturated/α-hetero) is 1. The van der Waals surface area contributed by atoms with Gasteiger partial charge in [0.2, 0.25) is 6.10 Å². The molecule has 0 saturated carbocycles. The Balaban J connectivity index is 2.39. The van der Waals surface area contributed by atoms with E-state index in [1.807, 2.05) is 30.3 Å². The van der Waals surface area contributed by atoms with Gasteiger partial charge < -0.3 is 10.8 Å². The molecular weight excluding hydrogens is 259 g/mol. The summed E-state index contributed by atoms with van der Waals surface area (Å²) in [5.74, 6) is -1.37. The highest BCUT2D eigenvalue weighted by atomic mass is 19.4. The predicted octanol–water partition coefficient (Wildman–Crippen LogP) is 1.83. The van der Waals surface area contributed by atoms with Gasteiger partial charge >= 0.3 is 6.18 Å². The molecule has 2 unspecified atom stereocenters. The van der Waals surface area contributed by atoms with Crippen molar-refractivity contribution in [3.8, 4) is 0 Å². The Labute approximate surface area is 109 Å². The summed E-state index contributed by atoms with van der Waals surface area (Å²) in [5.41, 5.74) is 6.40. The standard InChI is InChI=1S/C13H16F3NO2/c14-13(15,16)12(19)11(18)10(17)8-4-7-9-5-2-1-3-6-9/h1-3,5-6,10,12,19H,4,7-8,17H2. The van der Waals surface area contributed by atoms with Gasteiger partial charge in [0.25, 0.3) is 0 Å². The van der Waals surface area contributed by atoms with E-state index in [9.17, 15) is 18.0 Å². The summed E-state index contributed by atoms with van der Waals surface area (Å²) in [6.07, 6.45) is -6.71. The minimum Gasteiger partial charge on any atom is -0.377 e. The first kappa shape index (κ1) is 15.7. The zero-order valence-electron chi connectivity index (χ0n) is 10.2. The number of halogens is 3. The molecule has 0 spiro atoms. The number of hydrogen-bond acceptors (Lipinski definition) is 3. The van der Waals surface area contributed by atoms with Crippen molar-refractivity contribution < 1.29 is 23.1 Å². The SMILES string of the molecule is NC(CCCc1ccccc1)C(=O)C(O)C(F)(F)F. The van der Waals surface area contributed by atoms with Gasteiger partial charge in [-0.15, -0.1) is 0 Å². The molecule has 0 amide bonds. The maximum absolute atomic E-state index is 12.1. The van der Waals surface area contributed by atoms with Gasteiger partial charge in [0.15, 0.2) is 5.78 Å². The largest absolute Gasteiger partial charge is 0.421 e. The monoisotopic (exact) mass is 275 g/mol. The van der Waals surface area contributed by atoms with Crippen molar-refractivity contribution in [3.63, 3.8) is 0 Å². The first-order valence-corrected chi connectivity index (χ1v) is 5.90. The highest BCUT2D eigenvalue weighted by Gasteiger charge is 2.44. The van der Waals surface area contributed by atoms with Gasteiger partial charge in [-0.2, -0.15) is 13.2 Å². The third kappa shape index (κ3) is 5.00. The Hall–Kier alpha value is -1.40. The smallest absolute Gasteiger partial charge is 0.377 e. The summed E-state index contributed by atoms with van der Waals surface area (Å²) in [5, 5.41) is 8.79. The molecule has 3 N–H and O–H groups in total. The Morgan fingerprint density at radius 1 is 1.26 bits per heavy atom. The minimum absolute atomic E-state index is 0.112. The molecule has 2 atom stereocenters. The topological polar surface area (TPSA) is 63.3 Å². The van der Waals surface area contributed by atoms with Crippen molar-refractivity contribution in [3.05, 3.63) is 35.9 Å². The first-order chi connectivity index (χ1) is 8.82. The summed E-state index contributed by atoms with van der Waals surface area (Å²) in [7, 11) is 0. The normalized spacial score (nSPS) is 15.0. The average molecular weight is 275 g/mol. The van der Waals surface area contributed by atoms with Crippen molar-refractivity contribution in [2.45, 2.75) is 37.6 Å². The highest BCUT2D eigenvalue weighted by molar-refractivity contribution is 5.88. The average Bonchev–Trinajstić information content (AvgIpc) is 2.37. The van der Waals surface area contributed by atoms with Crippen molar-refractivity contribution in [1.29, 1.82) is 0 Å². The van der Waals surface area contributed by atoms with Crippen molar-refractivity contribution in [1.82, 2.24) is 0 Å². The number of rotatable bonds is 6. The molecule has 0 bridgehead atoms. The van der Waals surface area contributed by atoms with E-state index in [2.05, 4.69) is 0 Å². The number of aliphatic hydroxyl groups is 1. The number of aryl methyl sites for hydroxylation is 1. The third-order valence-electron chi connectivity index (χ3n) is 2.77. The Kier molecular flexibility index (Phi) is 5.50. The van der Waals surface area contributed by atoms with E-state index >= 15 is 0 Å². The maximum atomic E-state index is 12.1. The summed E-state index contributed by atoms with van der Waals surface area (Å²) in [4.78, 5) is 11.2. The molecule has 0 aromatic heterocycles. The Bertz CT molecular complexity index is 406. The lowest BCUT2D eigenvalue weighted by Crippen LogP contribution is -2.46. The number of carbonyl (C=O) groups is 1. The molecule has 0 saturated heterocycles. The molecule has 106 valence electrons. The van der Waals surface area contributed by atoms with Gasteiger partial charge in [0, 0.05) is 0 Å². The lowest BCUT2D eigenvalue weighted by Gasteiger charge is -2.17. The number of carbonyl (C=O) groups excluding carboxylic acids is 1. The van der Waals surface area contributed by atoms with Crippen LogP contribution in [0, 0.1) is 0 Å². The zero-order valence-corrected chi connectivity index (χ0v) is 10.2. The second-order valence-electron chi connectivity index (χ2n) is 4.33. The lowest BCUT2D eigenvalue weighted by molar-refractivity contribution is -0.204. The minimum atomic E-state index is -4.95. The van der Waals surface area contributed by atoms with Crippen LogP contribution in [0.15, 0.2) is 30.3 Å². The molecule has 1 rings (SSSR count). The molecule has 1 aromatic carbocycles. The number of hydrogen-bond donors (Lipinski definition) is 2. The molecule has 3 nitrogen and oxygen atoms in total. The van der Waals surface area contributed by atoms with Crippen LogP contribution in [0.4, 0.5) is 13.2 Å². The number of alkyl halides is 3. The summed E-state index contributed by atoms with van der Waals surface area (Å²) in [6, 6.07) is 8.05.